The van der Waals surface area contributed by atoms with Gasteiger partial charge in [-0.25, -0.2) is 14.2 Å². The molecule has 0 radical (unpaired) electrons. The number of benzene rings is 1. The molecule has 5 rings (SSSR count). The highest BCUT2D eigenvalue weighted by molar-refractivity contribution is 6.09. The van der Waals surface area contributed by atoms with Crippen LogP contribution in [0, 0.1) is 11.8 Å². The number of imidazole rings is 1. The molecule has 27 heavy (non-hydrogen) atoms. The van der Waals surface area contributed by atoms with Crippen molar-refractivity contribution in [2.24, 2.45) is 7.05 Å². The maximum Gasteiger partial charge on any atom is 0.329 e. The van der Waals surface area contributed by atoms with E-state index >= 15 is 4.39 Å². The van der Waals surface area contributed by atoms with E-state index in [9.17, 15) is 9.18 Å². The molecular formula is C19H14F2N4O2. The first-order chi connectivity index (χ1) is 13.0. The van der Waals surface area contributed by atoms with Crippen LogP contribution in [-0.2, 0) is 13.6 Å². The number of nitrogens with zero attached hydrogens (tertiary/aromatic N) is 4. The smallest absolute Gasteiger partial charge is 0.329 e. The number of halogens is 2. The van der Waals surface area contributed by atoms with Crippen molar-refractivity contribution in [3.8, 4) is 16.9 Å². The molecule has 0 aliphatic carbocycles. The SMILES string of the molecule is CC1Cn2c(=O)n(C)c3cnc4cc(F)c(-c5ccc(F)nc5)c(c4c32)O1. The summed E-state index contributed by atoms with van der Waals surface area (Å²) in [4.78, 5) is 20.6. The van der Waals surface area contributed by atoms with Crippen LogP contribution >= 0.6 is 0 Å². The van der Waals surface area contributed by atoms with Gasteiger partial charge in [-0.05, 0) is 19.1 Å². The van der Waals surface area contributed by atoms with E-state index in [0.717, 1.165) is 0 Å². The molecule has 4 aromatic rings. The van der Waals surface area contributed by atoms with Gasteiger partial charge >= 0.3 is 5.69 Å². The maximum absolute atomic E-state index is 15.0. The van der Waals surface area contributed by atoms with Gasteiger partial charge in [-0.1, -0.05) is 0 Å². The molecule has 0 spiro atoms. The molecule has 0 N–H and O–H groups in total. The number of hydrogen-bond acceptors (Lipinski definition) is 4. The van der Waals surface area contributed by atoms with Crippen LogP contribution in [0.25, 0.3) is 33.1 Å². The predicted octanol–water partition coefficient (Wildman–Crippen LogP) is 3.01. The third-order valence-corrected chi connectivity index (χ3v) is 4.94. The van der Waals surface area contributed by atoms with Crippen molar-refractivity contribution in [1.29, 1.82) is 0 Å². The van der Waals surface area contributed by atoms with Crippen LogP contribution in [0.15, 0.2) is 35.4 Å². The zero-order valence-electron chi connectivity index (χ0n) is 14.5. The predicted molar refractivity (Wildman–Crippen MR) is 95.7 cm³/mol. The Kier molecular flexibility index (Phi) is 3.16. The summed E-state index contributed by atoms with van der Waals surface area (Å²) in [6.07, 6.45) is 2.45. The van der Waals surface area contributed by atoms with Gasteiger partial charge in [-0.2, -0.15) is 4.39 Å². The van der Waals surface area contributed by atoms with Crippen LogP contribution in [0.4, 0.5) is 8.78 Å². The molecular weight excluding hydrogens is 354 g/mol. The van der Waals surface area contributed by atoms with E-state index < -0.39 is 11.8 Å². The Morgan fingerprint density at radius 3 is 2.78 bits per heavy atom. The van der Waals surface area contributed by atoms with E-state index in [0.29, 0.717) is 39.8 Å². The molecule has 1 aromatic carbocycles. The molecule has 0 saturated heterocycles. The quantitative estimate of drug-likeness (QED) is 0.485. The summed E-state index contributed by atoms with van der Waals surface area (Å²) in [7, 11) is 1.68. The second kappa shape index (κ2) is 5.35. The van der Waals surface area contributed by atoms with E-state index in [1.54, 1.807) is 17.8 Å². The Morgan fingerprint density at radius 1 is 1.22 bits per heavy atom. The minimum absolute atomic E-state index is 0.181. The zero-order chi connectivity index (χ0) is 18.9. The van der Waals surface area contributed by atoms with Gasteiger partial charge in [0.15, 0.2) is 0 Å². The molecule has 3 aromatic heterocycles. The number of pyridine rings is 2. The fourth-order valence-corrected chi connectivity index (χ4v) is 3.74. The van der Waals surface area contributed by atoms with Crippen molar-refractivity contribution in [2.45, 2.75) is 19.6 Å². The van der Waals surface area contributed by atoms with Crippen LogP contribution < -0.4 is 10.4 Å². The third-order valence-electron chi connectivity index (χ3n) is 4.94. The average Bonchev–Trinajstić information content (AvgIpc) is 2.78. The highest BCUT2D eigenvalue weighted by Crippen LogP contribution is 2.43. The minimum Gasteiger partial charge on any atom is -0.487 e. The minimum atomic E-state index is -0.652. The van der Waals surface area contributed by atoms with Gasteiger partial charge in [-0.15, -0.1) is 0 Å². The highest BCUT2D eigenvalue weighted by atomic mass is 19.1. The first-order valence-corrected chi connectivity index (χ1v) is 8.44. The van der Waals surface area contributed by atoms with Gasteiger partial charge in [0, 0.05) is 24.9 Å². The lowest BCUT2D eigenvalue weighted by Crippen LogP contribution is -2.28. The molecule has 136 valence electrons. The Morgan fingerprint density at radius 2 is 2.04 bits per heavy atom. The van der Waals surface area contributed by atoms with Gasteiger partial charge in [0.25, 0.3) is 0 Å². The van der Waals surface area contributed by atoms with Gasteiger partial charge in [0.05, 0.1) is 40.2 Å². The second-order valence-corrected chi connectivity index (χ2v) is 6.70. The van der Waals surface area contributed by atoms with Gasteiger partial charge < -0.3 is 4.74 Å². The third kappa shape index (κ3) is 2.12. The lowest BCUT2D eigenvalue weighted by molar-refractivity contribution is 0.205. The lowest BCUT2D eigenvalue weighted by Gasteiger charge is -2.17. The Balaban J connectivity index is 2.00. The summed E-state index contributed by atoms with van der Waals surface area (Å²) < 4.78 is 37.5. The van der Waals surface area contributed by atoms with Crippen molar-refractivity contribution >= 4 is 21.9 Å². The standard InChI is InChI=1S/C19H14F2N4O2/c1-9-8-25-17-13(24(2)19(25)26)7-22-12-5-11(20)15(18(27-9)16(12)17)10-3-4-14(21)23-6-10/h3-7,9H,8H2,1-2H3. The molecule has 4 heterocycles. The lowest BCUT2D eigenvalue weighted by atomic mass is 10.0. The van der Waals surface area contributed by atoms with Gasteiger partial charge in [-0.3, -0.25) is 14.1 Å². The molecule has 8 heteroatoms. The summed E-state index contributed by atoms with van der Waals surface area (Å²) in [5.74, 6) is -0.904. The second-order valence-electron chi connectivity index (χ2n) is 6.70. The number of rotatable bonds is 1. The van der Waals surface area contributed by atoms with Crippen molar-refractivity contribution in [3.05, 3.63) is 52.8 Å². The summed E-state index contributed by atoms with van der Waals surface area (Å²) >= 11 is 0. The van der Waals surface area contributed by atoms with Crippen LogP contribution in [0.3, 0.4) is 0 Å². The maximum atomic E-state index is 15.0. The first kappa shape index (κ1) is 15.9. The summed E-state index contributed by atoms with van der Waals surface area (Å²) in [5, 5.41) is 0.565. The Hall–Kier alpha value is -3.29. The van der Waals surface area contributed by atoms with Crippen molar-refractivity contribution in [1.82, 2.24) is 19.1 Å². The van der Waals surface area contributed by atoms with Crippen LogP contribution in [0.2, 0.25) is 0 Å². The molecule has 0 bridgehead atoms. The van der Waals surface area contributed by atoms with Gasteiger partial charge in [0.2, 0.25) is 5.95 Å². The molecule has 6 nitrogen and oxygen atoms in total. The number of aromatic nitrogens is 4. The Labute approximate surface area is 151 Å². The highest BCUT2D eigenvalue weighted by Gasteiger charge is 2.28. The van der Waals surface area contributed by atoms with E-state index in [1.807, 2.05) is 6.92 Å². The summed E-state index contributed by atoms with van der Waals surface area (Å²) in [5.41, 5.74) is 2.08. The summed E-state index contributed by atoms with van der Waals surface area (Å²) in [6.45, 7) is 2.14. The van der Waals surface area contributed by atoms with Crippen LogP contribution in [0.1, 0.15) is 6.92 Å². The summed E-state index contributed by atoms with van der Waals surface area (Å²) in [6, 6.07) is 3.93. The topological polar surface area (TPSA) is 61.9 Å². The molecule has 1 unspecified atom stereocenters. The monoisotopic (exact) mass is 368 g/mol. The van der Waals surface area contributed by atoms with E-state index in [4.69, 9.17) is 4.74 Å². The fourth-order valence-electron chi connectivity index (χ4n) is 3.74. The van der Waals surface area contributed by atoms with Crippen LogP contribution in [0.5, 0.6) is 5.75 Å². The molecule has 0 fully saturated rings. The van der Waals surface area contributed by atoms with Crippen LogP contribution in [-0.4, -0.2) is 25.2 Å². The normalized spacial score (nSPS) is 16.1. The largest absolute Gasteiger partial charge is 0.487 e. The Bertz CT molecular complexity index is 1290. The average molecular weight is 368 g/mol. The van der Waals surface area contributed by atoms with E-state index in [-0.39, 0.29) is 17.4 Å². The van der Waals surface area contributed by atoms with Crippen molar-refractivity contribution < 1.29 is 13.5 Å². The first-order valence-electron chi connectivity index (χ1n) is 8.44. The molecule has 1 aliphatic rings. The molecule has 0 saturated carbocycles. The van der Waals surface area contributed by atoms with E-state index in [1.165, 1.54) is 29.0 Å². The number of ether oxygens (including phenoxy) is 1. The molecule has 1 atom stereocenters. The van der Waals surface area contributed by atoms with Gasteiger partial charge in [0.1, 0.15) is 17.7 Å². The van der Waals surface area contributed by atoms with Crippen molar-refractivity contribution in [2.75, 3.05) is 0 Å². The van der Waals surface area contributed by atoms with Crippen molar-refractivity contribution in [3.63, 3.8) is 0 Å². The number of aryl methyl sites for hydroxylation is 1. The molecule has 0 amide bonds. The number of hydrogen-bond donors (Lipinski definition) is 0. The fraction of sp³-hybridized carbons (Fsp3) is 0.211. The van der Waals surface area contributed by atoms with E-state index in [2.05, 4.69) is 9.97 Å². The zero-order valence-corrected chi connectivity index (χ0v) is 14.5. The molecule has 1 aliphatic heterocycles.